The topological polar surface area (TPSA) is 105 Å². The standard InChI is InChI=1S/C25H32ClN3O6S/c1-4-13-27-25(31)18(2)28(16-19-8-5-6-9-21(19)26)24(30)10-7-14-29(36(3,32)33)20-11-12-22-23(15-20)35-17-34-22/h5-6,8-9,11-12,15,18H,4,7,10,13-14,16-17H2,1-3H3,(H,27,31). The minimum Gasteiger partial charge on any atom is -0.454 e. The Morgan fingerprint density at radius 3 is 2.56 bits per heavy atom. The molecule has 1 N–H and O–H groups in total. The number of hydrogen-bond donors (Lipinski definition) is 1. The van der Waals surface area contributed by atoms with Crippen molar-refractivity contribution >= 4 is 39.1 Å². The summed E-state index contributed by atoms with van der Waals surface area (Å²) in [4.78, 5) is 27.4. The van der Waals surface area contributed by atoms with Crippen LogP contribution in [0.5, 0.6) is 11.5 Å². The average Bonchev–Trinajstić information content (AvgIpc) is 3.31. The van der Waals surface area contributed by atoms with Gasteiger partial charge >= 0.3 is 0 Å². The Balaban J connectivity index is 1.73. The van der Waals surface area contributed by atoms with Crippen LogP contribution >= 0.6 is 11.6 Å². The molecule has 1 aliphatic heterocycles. The molecule has 0 saturated heterocycles. The second-order valence-electron chi connectivity index (χ2n) is 8.56. The molecule has 196 valence electrons. The highest BCUT2D eigenvalue weighted by atomic mass is 35.5. The zero-order chi connectivity index (χ0) is 26.3. The first-order valence-corrected chi connectivity index (χ1v) is 14.0. The van der Waals surface area contributed by atoms with Crippen molar-refractivity contribution in [2.24, 2.45) is 0 Å². The van der Waals surface area contributed by atoms with Crippen LogP contribution in [-0.2, 0) is 26.2 Å². The molecule has 9 nitrogen and oxygen atoms in total. The molecular weight excluding hydrogens is 506 g/mol. The number of rotatable bonds is 12. The second kappa shape index (κ2) is 12.3. The largest absolute Gasteiger partial charge is 0.454 e. The van der Waals surface area contributed by atoms with Gasteiger partial charge in [-0.2, -0.15) is 0 Å². The lowest BCUT2D eigenvalue weighted by Crippen LogP contribution is -2.47. The summed E-state index contributed by atoms with van der Waals surface area (Å²) in [5.41, 5.74) is 1.15. The lowest BCUT2D eigenvalue weighted by atomic mass is 10.1. The van der Waals surface area contributed by atoms with Crippen LogP contribution in [-0.4, -0.2) is 57.3 Å². The average molecular weight is 538 g/mol. The van der Waals surface area contributed by atoms with Crippen molar-refractivity contribution in [1.29, 1.82) is 0 Å². The van der Waals surface area contributed by atoms with E-state index in [2.05, 4.69) is 5.32 Å². The number of amides is 2. The number of hydrogen-bond acceptors (Lipinski definition) is 6. The van der Waals surface area contributed by atoms with Gasteiger partial charge in [-0.05, 0) is 43.5 Å². The van der Waals surface area contributed by atoms with Gasteiger partial charge in [0.2, 0.25) is 28.6 Å². The molecule has 0 spiro atoms. The summed E-state index contributed by atoms with van der Waals surface area (Å²) in [7, 11) is -3.62. The fourth-order valence-corrected chi connectivity index (χ4v) is 4.99. The van der Waals surface area contributed by atoms with Gasteiger partial charge in [0.15, 0.2) is 11.5 Å². The third-order valence-corrected chi connectivity index (χ3v) is 7.37. The number of nitrogens with one attached hydrogen (secondary N) is 1. The van der Waals surface area contributed by atoms with Gasteiger partial charge < -0.3 is 19.7 Å². The molecule has 2 aromatic rings. The van der Waals surface area contributed by atoms with Crippen LogP contribution in [0.4, 0.5) is 5.69 Å². The molecule has 3 rings (SSSR count). The minimum absolute atomic E-state index is 0.0480. The van der Waals surface area contributed by atoms with E-state index in [0.29, 0.717) is 28.8 Å². The quantitative estimate of drug-likeness (QED) is 0.444. The smallest absolute Gasteiger partial charge is 0.242 e. The van der Waals surface area contributed by atoms with E-state index in [4.69, 9.17) is 21.1 Å². The van der Waals surface area contributed by atoms with Gasteiger partial charge in [0, 0.05) is 37.1 Å². The number of anilines is 1. The number of fused-ring (bicyclic) bond motifs is 1. The van der Waals surface area contributed by atoms with Crippen molar-refractivity contribution in [3.8, 4) is 11.5 Å². The zero-order valence-electron chi connectivity index (χ0n) is 20.7. The lowest BCUT2D eigenvalue weighted by molar-refractivity contribution is -0.140. The number of halogens is 1. The zero-order valence-corrected chi connectivity index (χ0v) is 22.3. The van der Waals surface area contributed by atoms with E-state index in [1.807, 2.05) is 19.1 Å². The van der Waals surface area contributed by atoms with Crippen molar-refractivity contribution in [2.45, 2.75) is 45.7 Å². The van der Waals surface area contributed by atoms with Crippen molar-refractivity contribution in [1.82, 2.24) is 10.2 Å². The molecular formula is C25H32ClN3O6S. The first-order chi connectivity index (χ1) is 17.1. The van der Waals surface area contributed by atoms with Crippen LogP contribution in [0.15, 0.2) is 42.5 Å². The molecule has 0 aliphatic carbocycles. The maximum Gasteiger partial charge on any atom is 0.242 e. The Morgan fingerprint density at radius 1 is 1.14 bits per heavy atom. The summed E-state index contributed by atoms with van der Waals surface area (Å²) in [6.45, 7) is 4.46. The van der Waals surface area contributed by atoms with Crippen LogP contribution in [0.1, 0.15) is 38.7 Å². The van der Waals surface area contributed by atoms with Gasteiger partial charge in [0.1, 0.15) is 6.04 Å². The summed E-state index contributed by atoms with van der Waals surface area (Å²) >= 11 is 6.31. The predicted octanol–water partition coefficient (Wildman–Crippen LogP) is 3.56. The molecule has 1 atom stereocenters. The molecule has 36 heavy (non-hydrogen) atoms. The van der Waals surface area contributed by atoms with Crippen LogP contribution < -0.4 is 19.1 Å². The van der Waals surface area contributed by atoms with E-state index in [1.165, 1.54) is 9.21 Å². The van der Waals surface area contributed by atoms with E-state index < -0.39 is 16.1 Å². The molecule has 0 fully saturated rings. The first kappa shape index (κ1) is 27.6. The van der Waals surface area contributed by atoms with Gasteiger partial charge in [-0.15, -0.1) is 0 Å². The molecule has 1 heterocycles. The molecule has 0 bridgehead atoms. The van der Waals surface area contributed by atoms with Gasteiger partial charge in [-0.1, -0.05) is 36.7 Å². The van der Waals surface area contributed by atoms with E-state index >= 15 is 0 Å². The Morgan fingerprint density at radius 2 is 1.86 bits per heavy atom. The predicted molar refractivity (Wildman–Crippen MR) is 139 cm³/mol. The molecule has 11 heteroatoms. The summed E-state index contributed by atoms with van der Waals surface area (Å²) in [5.74, 6) is 0.492. The molecule has 0 radical (unpaired) electrons. The normalized spacial score (nSPS) is 13.2. The number of nitrogens with zero attached hydrogens (tertiary/aromatic N) is 2. The van der Waals surface area contributed by atoms with Crippen molar-refractivity contribution in [2.75, 3.05) is 30.4 Å². The van der Waals surface area contributed by atoms with Crippen LogP contribution in [0.3, 0.4) is 0 Å². The second-order valence-corrected chi connectivity index (χ2v) is 10.9. The van der Waals surface area contributed by atoms with Crippen LogP contribution in [0, 0.1) is 0 Å². The number of sulfonamides is 1. The number of carbonyl (C=O) groups is 2. The van der Waals surface area contributed by atoms with Crippen molar-refractivity contribution in [3.63, 3.8) is 0 Å². The SMILES string of the molecule is CCCNC(=O)C(C)N(Cc1ccccc1Cl)C(=O)CCCN(c1ccc2c(c1)OCO2)S(C)(=O)=O. The van der Waals surface area contributed by atoms with Crippen molar-refractivity contribution < 1.29 is 27.5 Å². The molecule has 1 unspecified atom stereocenters. The summed E-state index contributed by atoms with van der Waals surface area (Å²) in [6.07, 6.45) is 2.19. The summed E-state index contributed by atoms with van der Waals surface area (Å²) in [5, 5.41) is 3.33. The maximum absolute atomic E-state index is 13.3. The van der Waals surface area contributed by atoms with Crippen LogP contribution in [0.25, 0.3) is 0 Å². The highest BCUT2D eigenvalue weighted by Gasteiger charge is 2.27. The fourth-order valence-electron chi connectivity index (χ4n) is 3.83. The van der Waals surface area contributed by atoms with Crippen LogP contribution in [0.2, 0.25) is 5.02 Å². The van der Waals surface area contributed by atoms with Gasteiger partial charge in [0.25, 0.3) is 0 Å². The van der Waals surface area contributed by atoms with E-state index in [-0.39, 0.29) is 44.5 Å². The summed E-state index contributed by atoms with van der Waals surface area (Å²) in [6, 6.07) is 11.3. The maximum atomic E-state index is 13.3. The highest BCUT2D eigenvalue weighted by molar-refractivity contribution is 7.92. The Labute approximate surface area is 217 Å². The molecule has 2 amide bonds. The minimum atomic E-state index is -3.62. The molecule has 1 aliphatic rings. The number of ether oxygens (including phenoxy) is 2. The lowest BCUT2D eigenvalue weighted by Gasteiger charge is -2.29. The Bertz CT molecular complexity index is 1190. The molecule has 0 aromatic heterocycles. The third-order valence-electron chi connectivity index (χ3n) is 5.81. The monoisotopic (exact) mass is 537 g/mol. The van der Waals surface area contributed by atoms with Crippen molar-refractivity contribution in [3.05, 3.63) is 53.1 Å². The number of benzene rings is 2. The van der Waals surface area contributed by atoms with E-state index in [0.717, 1.165) is 18.2 Å². The molecule has 2 aromatic carbocycles. The van der Waals surface area contributed by atoms with E-state index in [1.54, 1.807) is 37.3 Å². The van der Waals surface area contributed by atoms with Gasteiger partial charge in [-0.25, -0.2) is 8.42 Å². The summed E-state index contributed by atoms with van der Waals surface area (Å²) < 4.78 is 36.9. The van der Waals surface area contributed by atoms with Gasteiger partial charge in [-0.3, -0.25) is 13.9 Å². The van der Waals surface area contributed by atoms with E-state index in [9.17, 15) is 18.0 Å². The third kappa shape index (κ3) is 7.04. The fraction of sp³-hybridized carbons (Fsp3) is 0.440. The first-order valence-electron chi connectivity index (χ1n) is 11.8. The Kier molecular flexibility index (Phi) is 9.44. The van der Waals surface area contributed by atoms with Gasteiger partial charge in [0.05, 0.1) is 11.9 Å². The number of carbonyl (C=O) groups excluding carboxylic acids is 2. The molecule has 0 saturated carbocycles. The highest BCUT2D eigenvalue weighted by Crippen LogP contribution is 2.36. The Hall–Kier alpha value is -2.98.